The summed E-state index contributed by atoms with van der Waals surface area (Å²) in [7, 11) is 0. The zero-order valence-corrected chi connectivity index (χ0v) is 11.2. The molecule has 1 aliphatic carbocycles. The predicted octanol–water partition coefficient (Wildman–Crippen LogP) is 3.09. The molecule has 2 aromatic rings. The highest BCUT2D eigenvalue weighted by Crippen LogP contribution is 2.34. The zero-order valence-electron chi connectivity index (χ0n) is 10.3. The lowest BCUT2D eigenvalue weighted by atomic mass is 9.77. The molecular weight excluding hydrogens is 260 g/mol. The summed E-state index contributed by atoms with van der Waals surface area (Å²) in [5.74, 6) is 0.588. The second-order valence-electron chi connectivity index (χ2n) is 4.78. The van der Waals surface area contributed by atoms with Crippen LogP contribution in [0, 0.1) is 10.1 Å². The molecule has 4 nitrogen and oxygen atoms in total. The van der Waals surface area contributed by atoms with E-state index in [1.165, 1.54) is 22.5 Å². The number of fused-ring (bicyclic) bond motifs is 1. The Bertz CT molecular complexity index is 609. The molecular formula is C14H14N2O2S. The van der Waals surface area contributed by atoms with Crippen LogP contribution < -0.4 is 5.32 Å². The van der Waals surface area contributed by atoms with E-state index in [1.807, 2.05) is 5.38 Å². The highest BCUT2D eigenvalue weighted by Gasteiger charge is 2.24. The summed E-state index contributed by atoms with van der Waals surface area (Å²) >= 11 is 1.19. The third-order valence-electron chi connectivity index (χ3n) is 3.50. The van der Waals surface area contributed by atoms with E-state index < -0.39 is 0 Å². The topological polar surface area (TPSA) is 55.2 Å². The Kier molecular flexibility index (Phi) is 3.31. The molecule has 5 heteroatoms. The summed E-state index contributed by atoms with van der Waals surface area (Å²) in [5.41, 5.74) is 3.87. The van der Waals surface area contributed by atoms with Crippen molar-refractivity contribution in [2.24, 2.45) is 0 Å². The van der Waals surface area contributed by atoms with E-state index >= 15 is 0 Å². The first kappa shape index (κ1) is 12.3. The van der Waals surface area contributed by atoms with Crippen molar-refractivity contribution in [1.29, 1.82) is 0 Å². The molecule has 0 saturated carbocycles. The van der Waals surface area contributed by atoms with Crippen LogP contribution >= 0.6 is 11.3 Å². The molecule has 0 bridgehead atoms. The maximum atomic E-state index is 10.6. The van der Waals surface area contributed by atoms with E-state index in [0.29, 0.717) is 12.5 Å². The van der Waals surface area contributed by atoms with Crippen molar-refractivity contribution in [2.75, 3.05) is 6.54 Å². The maximum absolute atomic E-state index is 10.6. The maximum Gasteiger partial charge on any atom is 0.324 e. The fraction of sp³-hybridized carbons (Fsp3) is 0.286. The molecule has 1 aromatic carbocycles. The first-order chi connectivity index (χ1) is 9.24. The molecule has 1 N–H and O–H groups in total. The van der Waals surface area contributed by atoms with Gasteiger partial charge < -0.3 is 5.32 Å². The summed E-state index contributed by atoms with van der Waals surface area (Å²) in [6.07, 6.45) is 1.13. The molecule has 19 heavy (non-hydrogen) atoms. The lowest BCUT2D eigenvalue weighted by Crippen LogP contribution is -2.28. The smallest absolute Gasteiger partial charge is 0.312 e. The highest BCUT2D eigenvalue weighted by molar-refractivity contribution is 7.13. The summed E-state index contributed by atoms with van der Waals surface area (Å²) in [4.78, 5) is 10.2. The van der Waals surface area contributed by atoms with Gasteiger partial charge in [-0.15, -0.1) is 0 Å². The molecule has 0 aliphatic heterocycles. The second-order valence-corrected chi connectivity index (χ2v) is 5.67. The van der Waals surface area contributed by atoms with Crippen molar-refractivity contribution in [1.82, 2.24) is 5.32 Å². The first-order valence-electron chi connectivity index (χ1n) is 6.24. The standard InChI is InChI=1S/C14H14N2O2S/c17-16(18)14-5-10(9-19-14)7-15-8-12-6-11-3-1-2-4-13(11)12/h1-5,9,12,15H,6-8H2. The van der Waals surface area contributed by atoms with Gasteiger partial charge in [0.05, 0.1) is 4.92 Å². The van der Waals surface area contributed by atoms with Gasteiger partial charge in [0, 0.05) is 30.5 Å². The Hall–Kier alpha value is -1.72. The van der Waals surface area contributed by atoms with Gasteiger partial charge in [-0.2, -0.15) is 0 Å². The minimum Gasteiger partial charge on any atom is -0.312 e. The van der Waals surface area contributed by atoms with Crippen LogP contribution in [0.2, 0.25) is 0 Å². The third kappa shape index (κ3) is 2.52. The molecule has 3 rings (SSSR count). The molecule has 0 amide bonds. The van der Waals surface area contributed by atoms with Crippen molar-refractivity contribution in [2.45, 2.75) is 18.9 Å². The van der Waals surface area contributed by atoms with Gasteiger partial charge in [-0.25, -0.2) is 0 Å². The fourth-order valence-electron chi connectivity index (χ4n) is 2.49. The number of nitrogens with zero attached hydrogens (tertiary/aromatic N) is 1. The summed E-state index contributed by atoms with van der Waals surface area (Å²) in [6.45, 7) is 1.63. The normalized spacial score (nSPS) is 16.7. The molecule has 0 spiro atoms. The Balaban J connectivity index is 1.50. The average Bonchev–Trinajstić information content (AvgIpc) is 2.84. The summed E-state index contributed by atoms with van der Waals surface area (Å²) < 4.78 is 0. The third-order valence-corrected chi connectivity index (χ3v) is 4.43. The fourth-order valence-corrected chi connectivity index (χ4v) is 3.22. The molecule has 0 saturated heterocycles. The van der Waals surface area contributed by atoms with Crippen LogP contribution in [0.3, 0.4) is 0 Å². The minimum atomic E-state index is -0.337. The van der Waals surface area contributed by atoms with Gasteiger partial charge in [-0.1, -0.05) is 35.6 Å². The van der Waals surface area contributed by atoms with Gasteiger partial charge in [-0.05, 0) is 23.1 Å². The van der Waals surface area contributed by atoms with E-state index in [1.54, 1.807) is 6.07 Å². The number of benzene rings is 1. The van der Waals surface area contributed by atoms with Gasteiger partial charge in [0.25, 0.3) is 0 Å². The minimum absolute atomic E-state index is 0.214. The van der Waals surface area contributed by atoms with E-state index in [4.69, 9.17) is 0 Å². The summed E-state index contributed by atoms with van der Waals surface area (Å²) in [5, 5.41) is 16.0. The molecule has 1 aromatic heterocycles. The molecule has 0 radical (unpaired) electrons. The molecule has 1 aliphatic rings. The number of thiophene rings is 1. The second kappa shape index (κ2) is 5.11. The molecule has 1 unspecified atom stereocenters. The van der Waals surface area contributed by atoms with E-state index in [0.717, 1.165) is 18.5 Å². The SMILES string of the molecule is O=[N+]([O-])c1cc(CNCC2Cc3ccccc32)cs1. The Morgan fingerprint density at radius 1 is 1.42 bits per heavy atom. The van der Waals surface area contributed by atoms with Gasteiger partial charge in [0.2, 0.25) is 0 Å². The number of rotatable bonds is 5. The van der Waals surface area contributed by atoms with Crippen LogP contribution in [0.15, 0.2) is 35.7 Å². The van der Waals surface area contributed by atoms with Gasteiger partial charge in [-0.3, -0.25) is 10.1 Å². The van der Waals surface area contributed by atoms with Crippen molar-refractivity contribution >= 4 is 16.3 Å². The first-order valence-corrected chi connectivity index (χ1v) is 7.12. The highest BCUT2D eigenvalue weighted by atomic mass is 32.1. The van der Waals surface area contributed by atoms with E-state index in [-0.39, 0.29) is 9.92 Å². The van der Waals surface area contributed by atoms with E-state index in [2.05, 4.69) is 29.6 Å². The van der Waals surface area contributed by atoms with Crippen LogP contribution in [0.25, 0.3) is 0 Å². The van der Waals surface area contributed by atoms with Crippen LogP contribution in [0.5, 0.6) is 0 Å². The largest absolute Gasteiger partial charge is 0.324 e. The summed E-state index contributed by atoms with van der Waals surface area (Å²) in [6, 6.07) is 10.2. The Morgan fingerprint density at radius 2 is 2.26 bits per heavy atom. The van der Waals surface area contributed by atoms with Crippen molar-refractivity contribution in [3.05, 3.63) is 62.5 Å². The zero-order chi connectivity index (χ0) is 13.2. The average molecular weight is 274 g/mol. The van der Waals surface area contributed by atoms with Crippen LogP contribution in [0.4, 0.5) is 5.00 Å². The van der Waals surface area contributed by atoms with Gasteiger partial charge >= 0.3 is 5.00 Å². The lowest BCUT2D eigenvalue weighted by molar-refractivity contribution is -0.380. The Labute approximate surface area is 115 Å². The van der Waals surface area contributed by atoms with Gasteiger partial charge in [0.15, 0.2) is 0 Å². The molecule has 1 atom stereocenters. The van der Waals surface area contributed by atoms with Crippen LogP contribution in [-0.4, -0.2) is 11.5 Å². The van der Waals surface area contributed by atoms with Gasteiger partial charge in [0.1, 0.15) is 0 Å². The molecule has 98 valence electrons. The molecule has 1 heterocycles. The van der Waals surface area contributed by atoms with Crippen molar-refractivity contribution < 1.29 is 4.92 Å². The Morgan fingerprint density at radius 3 is 3.00 bits per heavy atom. The number of hydrogen-bond acceptors (Lipinski definition) is 4. The number of hydrogen-bond donors (Lipinski definition) is 1. The van der Waals surface area contributed by atoms with Crippen LogP contribution in [-0.2, 0) is 13.0 Å². The number of nitro groups is 1. The lowest BCUT2D eigenvalue weighted by Gasteiger charge is -2.30. The van der Waals surface area contributed by atoms with Crippen molar-refractivity contribution in [3.8, 4) is 0 Å². The monoisotopic (exact) mass is 274 g/mol. The van der Waals surface area contributed by atoms with Crippen LogP contribution in [0.1, 0.15) is 22.6 Å². The molecule has 0 fully saturated rings. The number of nitrogens with one attached hydrogen (secondary N) is 1. The van der Waals surface area contributed by atoms with E-state index in [9.17, 15) is 10.1 Å². The predicted molar refractivity (Wildman–Crippen MR) is 75.6 cm³/mol. The quantitative estimate of drug-likeness (QED) is 0.673. The van der Waals surface area contributed by atoms with Crippen molar-refractivity contribution in [3.63, 3.8) is 0 Å².